The van der Waals surface area contributed by atoms with Crippen molar-refractivity contribution in [3.05, 3.63) is 22.7 Å². The Morgan fingerprint density at radius 2 is 2.00 bits per heavy atom. The van der Waals surface area contributed by atoms with E-state index >= 15 is 0 Å². The van der Waals surface area contributed by atoms with Crippen molar-refractivity contribution >= 4 is 11.9 Å². The average Bonchev–Trinajstić information content (AvgIpc) is 2.80. The summed E-state index contributed by atoms with van der Waals surface area (Å²) in [6, 6.07) is 0. The second-order valence-electron chi connectivity index (χ2n) is 3.98. The molecule has 0 aromatic heterocycles. The second kappa shape index (κ2) is 6.80. The molecule has 1 rings (SSSR count). The van der Waals surface area contributed by atoms with Crippen molar-refractivity contribution in [3.63, 3.8) is 0 Å². The molecule has 0 N–H and O–H groups in total. The standard InChI is InChI=1S/C13H17NO4/c1-4-17-12(15)10-7-6-9(8-10)11(14-3)13(16)18-5-2/h10H,4-8H2,1-2H3. The Labute approximate surface area is 107 Å². The number of ether oxygens (including phenoxy) is 2. The average molecular weight is 251 g/mol. The molecule has 1 fully saturated rings. The molecule has 18 heavy (non-hydrogen) atoms. The summed E-state index contributed by atoms with van der Waals surface area (Å²) in [5, 5.41) is 0. The zero-order valence-corrected chi connectivity index (χ0v) is 10.7. The minimum Gasteiger partial charge on any atom is -0.471 e. The van der Waals surface area contributed by atoms with Gasteiger partial charge in [0.05, 0.1) is 25.7 Å². The summed E-state index contributed by atoms with van der Waals surface area (Å²) in [5.74, 6) is -1.07. The van der Waals surface area contributed by atoms with E-state index in [9.17, 15) is 9.59 Å². The van der Waals surface area contributed by atoms with Gasteiger partial charge in [-0.05, 0) is 33.1 Å². The van der Waals surface area contributed by atoms with E-state index < -0.39 is 5.97 Å². The fraction of sp³-hybridized carbons (Fsp3) is 0.615. The van der Waals surface area contributed by atoms with Crippen LogP contribution < -0.4 is 0 Å². The summed E-state index contributed by atoms with van der Waals surface area (Å²) in [6.07, 6.45) is 1.64. The smallest absolute Gasteiger partial charge is 0.336 e. The van der Waals surface area contributed by atoms with Gasteiger partial charge in [-0.1, -0.05) is 5.57 Å². The van der Waals surface area contributed by atoms with E-state index in [0.717, 1.165) is 0 Å². The minimum absolute atomic E-state index is 0.0312. The number of hydrogen-bond donors (Lipinski definition) is 0. The molecule has 0 aliphatic heterocycles. The third kappa shape index (κ3) is 3.33. The van der Waals surface area contributed by atoms with Gasteiger partial charge in [-0.2, -0.15) is 0 Å². The maximum absolute atomic E-state index is 11.6. The number of carbonyl (C=O) groups is 2. The van der Waals surface area contributed by atoms with E-state index in [4.69, 9.17) is 16.0 Å². The van der Waals surface area contributed by atoms with Crippen molar-refractivity contribution in [2.45, 2.75) is 33.1 Å². The highest BCUT2D eigenvalue weighted by Crippen LogP contribution is 2.34. The summed E-state index contributed by atoms with van der Waals surface area (Å²) >= 11 is 0. The van der Waals surface area contributed by atoms with Gasteiger partial charge in [-0.3, -0.25) is 9.59 Å². The molecular weight excluding hydrogens is 234 g/mol. The molecule has 1 unspecified atom stereocenters. The van der Waals surface area contributed by atoms with Gasteiger partial charge in [0, 0.05) is 0 Å². The third-order valence-corrected chi connectivity index (χ3v) is 2.82. The number of nitrogens with zero attached hydrogens (tertiary/aromatic N) is 1. The van der Waals surface area contributed by atoms with Crippen LogP contribution in [0.5, 0.6) is 0 Å². The highest BCUT2D eigenvalue weighted by molar-refractivity contribution is 5.91. The zero-order valence-electron chi connectivity index (χ0n) is 10.7. The number of rotatable bonds is 4. The molecule has 0 heterocycles. The molecule has 0 saturated heterocycles. The Morgan fingerprint density at radius 1 is 1.33 bits per heavy atom. The van der Waals surface area contributed by atoms with Crippen LogP contribution in [0.25, 0.3) is 4.85 Å². The Morgan fingerprint density at radius 3 is 2.56 bits per heavy atom. The van der Waals surface area contributed by atoms with Gasteiger partial charge in [0.1, 0.15) is 0 Å². The first-order chi connectivity index (χ1) is 8.63. The lowest BCUT2D eigenvalue weighted by atomic mass is 10.1. The molecule has 1 aliphatic rings. The van der Waals surface area contributed by atoms with Gasteiger partial charge in [-0.15, -0.1) is 0 Å². The fourth-order valence-corrected chi connectivity index (χ4v) is 1.99. The van der Waals surface area contributed by atoms with Crippen molar-refractivity contribution in [3.8, 4) is 0 Å². The quantitative estimate of drug-likeness (QED) is 0.436. The Kier molecular flexibility index (Phi) is 5.37. The summed E-state index contributed by atoms with van der Waals surface area (Å²) in [4.78, 5) is 26.3. The third-order valence-electron chi connectivity index (χ3n) is 2.82. The van der Waals surface area contributed by atoms with Crippen molar-refractivity contribution in [2.75, 3.05) is 13.2 Å². The topological polar surface area (TPSA) is 57.0 Å². The van der Waals surface area contributed by atoms with Gasteiger partial charge in [0.15, 0.2) is 0 Å². The molecule has 1 atom stereocenters. The summed E-state index contributed by atoms with van der Waals surface area (Å²) < 4.78 is 9.76. The van der Waals surface area contributed by atoms with Gasteiger partial charge < -0.3 is 9.47 Å². The monoisotopic (exact) mass is 251 g/mol. The predicted molar refractivity (Wildman–Crippen MR) is 64.2 cm³/mol. The van der Waals surface area contributed by atoms with Crippen molar-refractivity contribution in [1.82, 2.24) is 0 Å². The van der Waals surface area contributed by atoms with E-state index in [1.807, 2.05) is 0 Å². The van der Waals surface area contributed by atoms with E-state index in [1.165, 1.54) is 0 Å². The van der Waals surface area contributed by atoms with Crippen LogP contribution in [0.2, 0.25) is 0 Å². The summed E-state index contributed by atoms with van der Waals surface area (Å²) in [5.41, 5.74) is 0.741. The SMILES string of the molecule is [C-]#[N+]C(C(=O)OCC)=C1CCC(C(=O)OCC)C1. The van der Waals surface area contributed by atoms with Gasteiger partial charge >= 0.3 is 11.9 Å². The molecule has 0 aromatic carbocycles. The van der Waals surface area contributed by atoms with Crippen molar-refractivity contribution in [1.29, 1.82) is 0 Å². The van der Waals surface area contributed by atoms with Crippen LogP contribution in [0.15, 0.2) is 11.3 Å². The van der Waals surface area contributed by atoms with Gasteiger partial charge in [0.2, 0.25) is 0 Å². The largest absolute Gasteiger partial charge is 0.471 e. The van der Waals surface area contributed by atoms with Crippen LogP contribution in [-0.4, -0.2) is 25.2 Å². The van der Waals surface area contributed by atoms with Crippen molar-refractivity contribution < 1.29 is 19.1 Å². The molecule has 1 saturated carbocycles. The summed E-state index contributed by atoms with van der Waals surface area (Å²) in [7, 11) is 0. The predicted octanol–water partition coefficient (Wildman–Crippen LogP) is 2.09. The lowest BCUT2D eigenvalue weighted by Gasteiger charge is -2.07. The molecular formula is C13H17NO4. The molecule has 5 nitrogen and oxygen atoms in total. The first-order valence-electron chi connectivity index (χ1n) is 6.07. The fourth-order valence-electron chi connectivity index (χ4n) is 1.99. The number of hydrogen-bond acceptors (Lipinski definition) is 4. The molecule has 0 spiro atoms. The van der Waals surface area contributed by atoms with Crippen LogP contribution in [0.4, 0.5) is 0 Å². The number of esters is 2. The van der Waals surface area contributed by atoms with Crippen LogP contribution in [0.3, 0.4) is 0 Å². The van der Waals surface area contributed by atoms with Crippen LogP contribution in [-0.2, 0) is 19.1 Å². The van der Waals surface area contributed by atoms with E-state index in [0.29, 0.717) is 31.4 Å². The van der Waals surface area contributed by atoms with E-state index in [-0.39, 0.29) is 24.2 Å². The molecule has 0 radical (unpaired) electrons. The highest BCUT2D eigenvalue weighted by Gasteiger charge is 2.30. The van der Waals surface area contributed by atoms with Gasteiger partial charge in [0.25, 0.3) is 5.70 Å². The molecule has 98 valence electrons. The first-order valence-corrected chi connectivity index (χ1v) is 6.07. The van der Waals surface area contributed by atoms with E-state index in [1.54, 1.807) is 13.8 Å². The van der Waals surface area contributed by atoms with Crippen molar-refractivity contribution in [2.24, 2.45) is 5.92 Å². The van der Waals surface area contributed by atoms with Crippen LogP contribution in [0, 0.1) is 12.5 Å². The molecule has 0 bridgehead atoms. The minimum atomic E-state index is -0.591. The second-order valence-corrected chi connectivity index (χ2v) is 3.98. The Bertz CT molecular complexity index is 406. The maximum atomic E-state index is 11.6. The van der Waals surface area contributed by atoms with E-state index in [2.05, 4.69) is 4.85 Å². The first kappa shape index (κ1) is 14.2. The molecule has 5 heteroatoms. The number of carbonyl (C=O) groups excluding carboxylic acids is 2. The zero-order chi connectivity index (χ0) is 13.5. The van der Waals surface area contributed by atoms with Gasteiger partial charge in [-0.25, -0.2) is 4.85 Å². The van der Waals surface area contributed by atoms with Crippen LogP contribution in [0.1, 0.15) is 33.1 Å². The summed E-state index contributed by atoms with van der Waals surface area (Å²) in [6.45, 7) is 11.1. The lowest BCUT2D eigenvalue weighted by molar-refractivity contribution is -0.147. The molecule has 0 aromatic rings. The molecule has 1 aliphatic carbocycles. The molecule has 0 amide bonds. The Balaban J connectivity index is 2.76. The lowest BCUT2D eigenvalue weighted by Crippen LogP contribution is -2.14. The Hall–Kier alpha value is -1.83. The maximum Gasteiger partial charge on any atom is 0.336 e. The normalized spacial score (nSPS) is 21.1. The van der Waals surface area contributed by atoms with Crippen LogP contribution >= 0.6 is 0 Å². The number of allylic oxidation sites excluding steroid dienone is 1. The highest BCUT2D eigenvalue weighted by atomic mass is 16.5.